The lowest BCUT2D eigenvalue weighted by atomic mass is 10.2. The maximum absolute atomic E-state index is 11.8. The summed E-state index contributed by atoms with van der Waals surface area (Å²) in [5, 5.41) is 7.65. The number of aromatic nitrogens is 3. The van der Waals surface area contributed by atoms with Gasteiger partial charge in [-0.1, -0.05) is 0 Å². The minimum atomic E-state index is -2.98. The summed E-state index contributed by atoms with van der Waals surface area (Å²) < 4.78 is 25.4. The topological polar surface area (TPSA) is 81.4 Å². The van der Waals surface area contributed by atoms with Gasteiger partial charge in [-0.3, -0.25) is 9.20 Å². The molecule has 1 fully saturated rings. The van der Waals surface area contributed by atoms with E-state index in [9.17, 15) is 13.2 Å². The minimum Gasteiger partial charge on any atom is -0.298 e. The second-order valence-electron chi connectivity index (χ2n) is 4.76. The van der Waals surface area contributed by atoms with E-state index >= 15 is 0 Å². The van der Waals surface area contributed by atoms with Crippen molar-refractivity contribution in [1.29, 1.82) is 0 Å². The Balaban J connectivity index is 1.96. The largest absolute Gasteiger partial charge is 0.298 e. The Bertz CT molecular complexity index is 736. The quantitative estimate of drug-likeness (QED) is 0.771. The Labute approximate surface area is 110 Å². The molecular formula is C12H13N3O3S. The lowest BCUT2D eigenvalue weighted by Gasteiger charge is -2.07. The van der Waals surface area contributed by atoms with Crippen LogP contribution in [0.3, 0.4) is 0 Å². The Morgan fingerprint density at radius 3 is 2.95 bits per heavy atom. The minimum absolute atomic E-state index is 0.268. The molecule has 1 saturated heterocycles. The first kappa shape index (κ1) is 12.3. The highest BCUT2D eigenvalue weighted by atomic mass is 32.2. The number of aldehydes is 1. The second kappa shape index (κ2) is 4.41. The highest BCUT2D eigenvalue weighted by Crippen LogP contribution is 2.23. The summed E-state index contributed by atoms with van der Waals surface area (Å²) in [6.07, 6.45) is 4.23. The summed E-state index contributed by atoms with van der Waals surface area (Å²) in [5.41, 5.74) is 1.09. The van der Waals surface area contributed by atoms with Gasteiger partial charge in [-0.15, -0.1) is 10.2 Å². The van der Waals surface area contributed by atoms with E-state index in [0.29, 0.717) is 29.9 Å². The van der Waals surface area contributed by atoms with E-state index in [1.807, 2.05) is 0 Å². The fraction of sp³-hybridized carbons (Fsp3) is 0.417. The van der Waals surface area contributed by atoms with Crippen molar-refractivity contribution < 1.29 is 13.2 Å². The van der Waals surface area contributed by atoms with Crippen molar-refractivity contribution in [2.45, 2.75) is 24.5 Å². The predicted octanol–water partition coefficient (Wildman–Crippen LogP) is 0.661. The summed E-state index contributed by atoms with van der Waals surface area (Å²) in [6.45, 7) is 0. The second-order valence-corrected chi connectivity index (χ2v) is 7.16. The number of pyridine rings is 1. The Morgan fingerprint density at radius 1 is 1.42 bits per heavy atom. The van der Waals surface area contributed by atoms with Crippen molar-refractivity contribution in [3.8, 4) is 0 Å². The van der Waals surface area contributed by atoms with Gasteiger partial charge >= 0.3 is 0 Å². The van der Waals surface area contributed by atoms with Gasteiger partial charge in [-0.2, -0.15) is 0 Å². The first-order chi connectivity index (χ1) is 9.10. The lowest BCUT2D eigenvalue weighted by molar-refractivity contribution is 0.112. The predicted molar refractivity (Wildman–Crippen MR) is 68.9 cm³/mol. The Hall–Kier alpha value is -1.76. The molecule has 2 aromatic heterocycles. The summed E-state index contributed by atoms with van der Waals surface area (Å²) in [4.78, 5) is 10.7. The highest BCUT2D eigenvalue weighted by Gasteiger charge is 2.32. The highest BCUT2D eigenvalue weighted by molar-refractivity contribution is 7.92. The number of hydrogen-bond donors (Lipinski definition) is 0. The van der Waals surface area contributed by atoms with E-state index in [1.54, 1.807) is 22.7 Å². The molecule has 2 aromatic rings. The number of hydrogen-bond acceptors (Lipinski definition) is 5. The molecule has 0 spiro atoms. The van der Waals surface area contributed by atoms with Crippen molar-refractivity contribution in [3.63, 3.8) is 0 Å². The van der Waals surface area contributed by atoms with Crippen LogP contribution in [0, 0.1) is 0 Å². The average Bonchev–Trinajstić information content (AvgIpc) is 2.94. The number of carbonyl (C=O) groups is 1. The van der Waals surface area contributed by atoms with E-state index in [2.05, 4.69) is 10.2 Å². The molecule has 100 valence electrons. The van der Waals surface area contributed by atoms with Crippen LogP contribution in [0.5, 0.6) is 0 Å². The Kier molecular flexibility index (Phi) is 2.85. The smallest absolute Gasteiger partial charge is 0.161 e. The summed E-state index contributed by atoms with van der Waals surface area (Å²) >= 11 is 0. The van der Waals surface area contributed by atoms with Crippen LogP contribution in [0.15, 0.2) is 18.3 Å². The molecule has 1 aliphatic heterocycles. The van der Waals surface area contributed by atoms with Crippen LogP contribution < -0.4 is 0 Å². The molecule has 19 heavy (non-hydrogen) atoms. The van der Waals surface area contributed by atoms with E-state index < -0.39 is 9.84 Å². The van der Waals surface area contributed by atoms with Crippen LogP contribution in [0.4, 0.5) is 0 Å². The van der Waals surface area contributed by atoms with Gasteiger partial charge in [0.2, 0.25) is 0 Å². The SMILES string of the molecule is O=Cc1ccn2c(CC3CCCS3(=O)=O)nnc2c1. The molecule has 6 nitrogen and oxygen atoms in total. The number of sulfone groups is 1. The van der Waals surface area contributed by atoms with E-state index in [0.717, 1.165) is 12.7 Å². The Morgan fingerprint density at radius 2 is 2.26 bits per heavy atom. The molecule has 1 atom stereocenters. The van der Waals surface area contributed by atoms with Gasteiger partial charge < -0.3 is 0 Å². The van der Waals surface area contributed by atoms with Crippen LogP contribution in [-0.2, 0) is 16.3 Å². The number of nitrogens with zero attached hydrogens (tertiary/aromatic N) is 3. The van der Waals surface area contributed by atoms with Crippen LogP contribution in [-0.4, -0.2) is 40.3 Å². The molecule has 0 radical (unpaired) electrons. The van der Waals surface area contributed by atoms with Crippen molar-refractivity contribution in [3.05, 3.63) is 29.7 Å². The molecule has 3 rings (SSSR count). The zero-order valence-electron chi connectivity index (χ0n) is 10.2. The monoisotopic (exact) mass is 279 g/mol. The average molecular weight is 279 g/mol. The third kappa shape index (κ3) is 2.14. The van der Waals surface area contributed by atoms with Gasteiger partial charge in [-0.05, 0) is 25.0 Å². The molecule has 0 bridgehead atoms. The van der Waals surface area contributed by atoms with Crippen molar-refractivity contribution >= 4 is 21.8 Å². The molecule has 3 heterocycles. The third-order valence-electron chi connectivity index (χ3n) is 3.51. The molecule has 1 aliphatic rings. The zero-order valence-corrected chi connectivity index (χ0v) is 11.0. The third-order valence-corrected chi connectivity index (χ3v) is 5.79. The standard InChI is InChI=1S/C12H13N3O3S/c16-8-9-3-4-15-11(6-9)13-14-12(15)7-10-2-1-5-19(10,17)18/h3-4,6,8,10H,1-2,5,7H2. The molecule has 0 amide bonds. The number of fused-ring (bicyclic) bond motifs is 1. The first-order valence-electron chi connectivity index (χ1n) is 6.10. The summed E-state index contributed by atoms with van der Waals surface area (Å²) in [5.74, 6) is 0.895. The van der Waals surface area contributed by atoms with Crippen LogP contribution in [0.1, 0.15) is 29.0 Å². The fourth-order valence-corrected chi connectivity index (χ4v) is 4.29. The van der Waals surface area contributed by atoms with E-state index in [1.165, 1.54) is 0 Å². The van der Waals surface area contributed by atoms with Crippen molar-refractivity contribution in [2.24, 2.45) is 0 Å². The number of rotatable bonds is 3. The van der Waals surface area contributed by atoms with Gasteiger partial charge in [0.1, 0.15) is 12.1 Å². The normalized spacial score (nSPS) is 21.8. The molecule has 0 N–H and O–H groups in total. The van der Waals surface area contributed by atoms with Gasteiger partial charge in [0.15, 0.2) is 15.5 Å². The van der Waals surface area contributed by atoms with Gasteiger partial charge in [-0.25, -0.2) is 8.42 Å². The maximum Gasteiger partial charge on any atom is 0.161 e. The molecule has 0 saturated carbocycles. The maximum atomic E-state index is 11.8. The van der Waals surface area contributed by atoms with Crippen LogP contribution in [0.2, 0.25) is 0 Å². The molecular weight excluding hydrogens is 266 g/mol. The molecule has 7 heteroatoms. The molecule has 0 aromatic carbocycles. The first-order valence-corrected chi connectivity index (χ1v) is 7.82. The molecule has 1 unspecified atom stereocenters. The van der Waals surface area contributed by atoms with E-state index in [-0.39, 0.29) is 11.0 Å². The van der Waals surface area contributed by atoms with Crippen molar-refractivity contribution in [2.75, 3.05) is 5.75 Å². The molecule has 0 aliphatic carbocycles. The van der Waals surface area contributed by atoms with Crippen LogP contribution >= 0.6 is 0 Å². The van der Waals surface area contributed by atoms with Gasteiger partial charge in [0.05, 0.1) is 11.0 Å². The summed E-state index contributed by atoms with van der Waals surface area (Å²) in [7, 11) is -2.98. The van der Waals surface area contributed by atoms with Gasteiger partial charge in [0.25, 0.3) is 0 Å². The summed E-state index contributed by atoms with van der Waals surface area (Å²) in [6, 6.07) is 3.29. The van der Waals surface area contributed by atoms with E-state index in [4.69, 9.17) is 0 Å². The fourth-order valence-electron chi connectivity index (χ4n) is 2.46. The lowest BCUT2D eigenvalue weighted by Crippen LogP contribution is -2.19. The van der Waals surface area contributed by atoms with Gasteiger partial charge in [0, 0.05) is 18.2 Å². The number of carbonyl (C=O) groups excluding carboxylic acids is 1. The zero-order chi connectivity index (χ0) is 13.5. The van der Waals surface area contributed by atoms with Crippen molar-refractivity contribution in [1.82, 2.24) is 14.6 Å². The van der Waals surface area contributed by atoms with Crippen LogP contribution in [0.25, 0.3) is 5.65 Å².